The van der Waals surface area contributed by atoms with Crippen LogP contribution in [0, 0.1) is 0 Å². The fourth-order valence-corrected chi connectivity index (χ4v) is 3.80. The average molecular weight is 369 g/mol. The highest BCUT2D eigenvalue weighted by molar-refractivity contribution is 7.10. The Kier molecular flexibility index (Phi) is 6.61. The Bertz CT molecular complexity index is 746. The number of nitrogens with one attached hydrogen (secondary N) is 2. The van der Waals surface area contributed by atoms with Crippen molar-refractivity contribution in [3.63, 3.8) is 0 Å². The Labute approximate surface area is 158 Å². The van der Waals surface area contributed by atoms with Crippen LogP contribution in [0.25, 0.3) is 6.08 Å². The summed E-state index contributed by atoms with van der Waals surface area (Å²) >= 11 is 1.53. The molecule has 1 saturated carbocycles. The summed E-state index contributed by atoms with van der Waals surface area (Å²) in [6.07, 6.45) is 8.51. The van der Waals surface area contributed by atoms with Gasteiger partial charge in [0.25, 0.3) is 11.8 Å². The highest BCUT2D eigenvalue weighted by Crippen LogP contribution is 2.18. The van der Waals surface area contributed by atoms with Crippen molar-refractivity contribution in [3.05, 3.63) is 64.0 Å². The van der Waals surface area contributed by atoms with Crippen LogP contribution in [0.5, 0.6) is 0 Å². The van der Waals surface area contributed by atoms with E-state index in [0.29, 0.717) is 11.3 Å². The van der Waals surface area contributed by atoms with Gasteiger partial charge in [-0.15, -0.1) is 11.3 Å². The van der Waals surface area contributed by atoms with Gasteiger partial charge in [0.05, 0.1) is 0 Å². The summed E-state index contributed by atoms with van der Waals surface area (Å²) in [6, 6.07) is 13.0. The van der Waals surface area contributed by atoms with E-state index in [0.717, 1.165) is 30.6 Å². The summed E-state index contributed by atoms with van der Waals surface area (Å²) in [5.41, 5.74) is 0.831. The zero-order valence-electron chi connectivity index (χ0n) is 14.7. The third-order valence-corrected chi connectivity index (χ3v) is 5.37. The molecule has 2 aromatic rings. The lowest BCUT2D eigenvalue weighted by molar-refractivity contribution is -0.118. The Morgan fingerprint density at radius 1 is 0.962 bits per heavy atom. The molecular weight excluding hydrogens is 344 g/mol. The molecule has 0 unspecified atom stereocenters. The minimum absolute atomic E-state index is 0.186. The van der Waals surface area contributed by atoms with Crippen LogP contribution in [0.2, 0.25) is 0 Å². The van der Waals surface area contributed by atoms with E-state index < -0.39 is 0 Å². The summed E-state index contributed by atoms with van der Waals surface area (Å²) in [6.45, 7) is 0. The van der Waals surface area contributed by atoms with Crippen LogP contribution in [-0.2, 0) is 4.79 Å². The van der Waals surface area contributed by atoms with Crippen molar-refractivity contribution in [1.82, 2.24) is 10.6 Å². The van der Waals surface area contributed by atoms with Gasteiger partial charge >= 0.3 is 0 Å². The third kappa shape index (κ3) is 5.30. The maximum atomic E-state index is 12.8. The molecule has 0 bridgehead atoms. The summed E-state index contributed by atoms with van der Waals surface area (Å²) in [5.74, 6) is -0.487. The Balaban J connectivity index is 1.74. The average Bonchev–Trinajstić information content (AvgIpc) is 3.04. The van der Waals surface area contributed by atoms with Crippen LogP contribution < -0.4 is 10.6 Å². The topological polar surface area (TPSA) is 58.2 Å². The SMILES string of the molecule is O=C(NC1CCCCCC1)C(=Cc1cccs1)NC(=O)c1ccccc1. The summed E-state index contributed by atoms with van der Waals surface area (Å²) < 4.78 is 0. The number of thiophene rings is 1. The minimum atomic E-state index is -0.274. The monoisotopic (exact) mass is 368 g/mol. The number of carbonyl (C=O) groups excluding carboxylic acids is 2. The van der Waals surface area contributed by atoms with Gasteiger partial charge in [0.2, 0.25) is 0 Å². The Morgan fingerprint density at radius 2 is 1.69 bits per heavy atom. The molecule has 26 heavy (non-hydrogen) atoms. The van der Waals surface area contributed by atoms with Crippen molar-refractivity contribution in [2.45, 2.75) is 44.6 Å². The van der Waals surface area contributed by atoms with Crippen LogP contribution in [0.3, 0.4) is 0 Å². The summed E-state index contributed by atoms with van der Waals surface area (Å²) in [7, 11) is 0. The number of hydrogen-bond acceptors (Lipinski definition) is 3. The molecule has 1 heterocycles. The van der Waals surface area contributed by atoms with Gasteiger partial charge in [-0.05, 0) is 42.5 Å². The molecule has 3 rings (SSSR count). The van der Waals surface area contributed by atoms with E-state index in [9.17, 15) is 9.59 Å². The van der Waals surface area contributed by atoms with Gasteiger partial charge in [0.15, 0.2) is 0 Å². The fourth-order valence-electron chi connectivity index (χ4n) is 3.14. The van der Waals surface area contributed by atoms with Gasteiger partial charge in [-0.1, -0.05) is 49.9 Å². The van der Waals surface area contributed by atoms with Crippen molar-refractivity contribution in [2.24, 2.45) is 0 Å². The first-order valence-corrected chi connectivity index (χ1v) is 10.0. The van der Waals surface area contributed by atoms with Gasteiger partial charge in [0.1, 0.15) is 5.70 Å². The predicted octanol–water partition coefficient (Wildman–Crippen LogP) is 4.36. The minimum Gasteiger partial charge on any atom is -0.348 e. The fraction of sp³-hybridized carbons (Fsp3) is 0.333. The summed E-state index contributed by atoms with van der Waals surface area (Å²) in [4.78, 5) is 26.3. The molecule has 2 N–H and O–H groups in total. The van der Waals surface area contributed by atoms with Crippen LogP contribution in [0.1, 0.15) is 53.8 Å². The van der Waals surface area contributed by atoms with Gasteiger partial charge in [0, 0.05) is 16.5 Å². The van der Waals surface area contributed by atoms with Crippen LogP contribution >= 0.6 is 11.3 Å². The molecule has 2 amide bonds. The Hall–Kier alpha value is -2.40. The molecule has 1 fully saturated rings. The number of benzene rings is 1. The van der Waals surface area contributed by atoms with Crippen molar-refractivity contribution in [3.8, 4) is 0 Å². The molecule has 1 aliphatic carbocycles. The molecule has 1 aliphatic rings. The van der Waals surface area contributed by atoms with E-state index in [2.05, 4.69) is 10.6 Å². The van der Waals surface area contributed by atoms with E-state index in [1.807, 2.05) is 35.7 Å². The van der Waals surface area contributed by atoms with Gasteiger partial charge in [-0.3, -0.25) is 9.59 Å². The number of amides is 2. The van der Waals surface area contributed by atoms with Gasteiger partial charge in [-0.25, -0.2) is 0 Å². The normalized spacial score (nSPS) is 15.9. The molecule has 4 nitrogen and oxygen atoms in total. The zero-order chi connectivity index (χ0) is 18.2. The first-order chi connectivity index (χ1) is 12.7. The molecule has 0 aliphatic heterocycles. The van der Waals surface area contributed by atoms with Crippen molar-refractivity contribution < 1.29 is 9.59 Å². The maximum Gasteiger partial charge on any atom is 0.268 e. The second kappa shape index (κ2) is 9.34. The smallest absolute Gasteiger partial charge is 0.268 e. The molecule has 0 spiro atoms. The van der Waals surface area contributed by atoms with Gasteiger partial charge in [-0.2, -0.15) is 0 Å². The van der Waals surface area contributed by atoms with E-state index >= 15 is 0 Å². The quantitative estimate of drug-likeness (QED) is 0.609. The predicted molar refractivity (Wildman–Crippen MR) is 106 cm³/mol. The molecule has 0 saturated heterocycles. The van der Waals surface area contributed by atoms with Crippen LogP contribution in [-0.4, -0.2) is 17.9 Å². The van der Waals surface area contributed by atoms with Crippen LogP contribution in [0.15, 0.2) is 53.5 Å². The lowest BCUT2D eigenvalue weighted by Crippen LogP contribution is -2.40. The standard InChI is InChI=1S/C21H24N2O2S/c24-20(16-9-4-3-5-10-16)23-19(15-18-13-8-14-26-18)21(25)22-17-11-6-1-2-7-12-17/h3-5,8-10,13-15,17H,1-2,6-7,11-12H2,(H,22,25)(H,23,24). The molecular formula is C21H24N2O2S. The van der Waals surface area contributed by atoms with Crippen molar-refractivity contribution in [2.75, 3.05) is 0 Å². The second-order valence-corrected chi connectivity index (χ2v) is 7.53. The van der Waals surface area contributed by atoms with Crippen LogP contribution in [0.4, 0.5) is 0 Å². The molecule has 1 aromatic heterocycles. The van der Waals surface area contributed by atoms with E-state index in [1.54, 1.807) is 18.2 Å². The molecule has 1 aromatic carbocycles. The molecule has 0 radical (unpaired) electrons. The summed E-state index contributed by atoms with van der Waals surface area (Å²) in [5, 5.41) is 7.85. The van der Waals surface area contributed by atoms with E-state index in [1.165, 1.54) is 24.2 Å². The first kappa shape index (κ1) is 18.4. The molecule has 0 atom stereocenters. The molecule has 5 heteroatoms. The first-order valence-electron chi connectivity index (χ1n) is 9.15. The van der Waals surface area contributed by atoms with E-state index in [-0.39, 0.29) is 17.9 Å². The number of carbonyl (C=O) groups is 2. The lowest BCUT2D eigenvalue weighted by Gasteiger charge is -2.18. The highest BCUT2D eigenvalue weighted by atomic mass is 32.1. The zero-order valence-corrected chi connectivity index (χ0v) is 15.6. The second-order valence-electron chi connectivity index (χ2n) is 6.56. The van der Waals surface area contributed by atoms with Crippen molar-refractivity contribution >= 4 is 29.2 Å². The largest absolute Gasteiger partial charge is 0.348 e. The number of hydrogen-bond donors (Lipinski definition) is 2. The maximum absolute atomic E-state index is 12.8. The van der Waals surface area contributed by atoms with E-state index in [4.69, 9.17) is 0 Å². The third-order valence-electron chi connectivity index (χ3n) is 4.55. The molecule has 136 valence electrons. The highest BCUT2D eigenvalue weighted by Gasteiger charge is 2.19. The van der Waals surface area contributed by atoms with Gasteiger partial charge < -0.3 is 10.6 Å². The van der Waals surface area contributed by atoms with Crippen molar-refractivity contribution in [1.29, 1.82) is 0 Å². The lowest BCUT2D eigenvalue weighted by atomic mass is 10.1. The number of rotatable bonds is 5. The Morgan fingerprint density at radius 3 is 2.35 bits per heavy atom.